The lowest BCUT2D eigenvalue weighted by molar-refractivity contribution is 0.152. The molecular weight excluding hydrogens is 208 g/mol. The summed E-state index contributed by atoms with van der Waals surface area (Å²) in [5.41, 5.74) is 7.75. The van der Waals surface area contributed by atoms with Crippen LogP contribution in [0.2, 0.25) is 0 Å². The molecule has 1 aliphatic carbocycles. The van der Waals surface area contributed by atoms with Crippen LogP contribution < -0.4 is 5.73 Å². The summed E-state index contributed by atoms with van der Waals surface area (Å²) in [5, 5.41) is 0. The van der Waals surface area contributed by atoms with E-state index < -0.39 is 0 Å². The van der Waals surface area contributed by atoms with Crippen molar-refractivity contribution in [1.82, 2.24) is 4.90 Å². The average molecular weight is 228 g/mol. The van der Waals surface area contributed by atoms with Gasteiger partial charge in [-0.3, -0.25) is 4.90 Å². The topological polar surface area (TPSA) is 29.3 Å². The molecule has 17 heavy (non-hydrogen) atoms. The molecule has 1 aliphatic rings. The van der Waals surface area contributed by atoms with Crippen molar-refractivity contribution in [3.63, 3.8) is 0 Å². The highest BCUT2D eigenvalue weighted by Gasteiger charge is 2.21. The largest absolute Gasteiger partial charge is 0.320 e. The molecular formula is C15H20N2. The van der Waals surface area contributed by atoms with Gasteiger partial charge in [-0.2, -0.15) is 0 Å². The average Bonchev–Trinajstić information content (AvgIpc) is 2.26. The van der Waals surface area contributed by atoms with E-state index in [0.29, 0.717) is 6.54 Å². The minimum Gasteiger partial charge on any atom is -0.320 e. The molecule has 0 bridgehead atoms. The monoisotopic (exact) mass is 228 g/mol. The Balaban J connectivity index is 1.93. The van der Waals surface area contributed by atoms with Gasteiger partial charge in [0.25, 0.3) is 0 Å². The number of hydrogen-bond donors (Lipinski definition) is 1. The van der Waals surface area contributed by atoms with Crippen LogP contribution in [0.4, 0.5) is 0 Å². The summed E-state index contributed by atoms with van der Waals surface area (Å²) in [6.45, 7) is 1.46. The molecule has 2 rings (SSSR count). The second-order valence-electron chi connectivity index (χ2n) is 4.70. The fourth-order valence-electron chi connectivity index (χ4n) is 2.09. The first-order valence-electron chi connectivity index (χ1n) is 6.27. The zero-order valence-corrected chi connectivity index (χ0v) is 10.4. The summed E-state index contributed by atoms with van der Waals surface area (Å²) in [6.07, 6.45) is 4.11. The molecule has 90 valence electrons. The van der Waals surface area contributed by atoms with Gasteiger partial charge in [-0.15, -0.1) is 0 Å². The molecule has 0 heterocycles. The highest BCUT2D eigenvalue weighted by Crippen LogP contribution is 2.24. The molecule has 2 heteroatoms. The Hall–Kier alpha value is -1.30. The first-order valence-corrected chi connectivity index (χ1v) is 6.27. The van der Waals surface area contributed by atoms with Gasteiger partial charge in [0, 0.05) is 18.2 Å². The van der Waals surface area contributed by atoms with E-state index in [1.54, 1.807) is 0 Å². The molecule has 0 spiro atoms. The molecule has 1 aromatic rings. The molecule has 0 unspecified atom stereocenters. The Bertz CT molecular complexity index is 407. The SMILES string of the molecule is CN(Cc1ccc(C#CCN)cc1)C1CCC1. The number of benzene rings is 1. The summed E-state index contributed by atoms with van der Waals surface area (Å²) in [7, 11) is 2.21. The van der Waals surface area contributed by atoms with Crippen molar-refractivity contribution in [1.29, 1.82) is 0 Å². The number of hydrogen-bond acceptors (Lipinski definition) is 2. The molecule has 0 radical (unpaired) electrons. The maximum absolute atomic E-state index is 5.35. The van der Waals surface area contributed by atoms with E-state index in [-0.39, 0.29) is 0 Å². The summed E-state index contributed by atoms with van der Waals surface area (Å²) < 4.78 is 0. The van der Waals surface area contributed by atoms with E-state index in [1.807, 2.05) is 0 Å². The van der Waals surface area contributed by atoms with Crippen LogP contribution in [0.25, 0.3) is 0 Å². The maximum atomic E-state index is 5.35. The number of rotatable bonds is 3. The van der Waals surface area contributed by atoms with Crippen molar-refractivity contribution >= 4 is 0 Å². The Morgan fingerprint density at radius 2 is 2.00 bits per heavy atom. The van der Waals surface area contributed by atoms with E-state index in [0.717, 1.165) is 18.2 Å². The molecule has 1 fully saturated rings. The van der Waals surface area contributed by atoms with Gasteiger partial charge in [-0.1, -0.05) is 30.4 Å². The quantitative estimate of drug-likeness (QED) is 0.802. The van der Waals surface area contributed by atoms with Gasteiger partial charge in [-0.05, 0) is 37.6 Å². The molecule has 1 aromatic carbocycles. The van der Waals surface area contributed by atoms with Gasteiger partial charge in [0.1, 0.15) is 0 Å². The third-order valence-electron chi connectivity index (χ3n) is 3.42. The fourth-order valence-corrected chi connectivity index (χ4v) is 2.09. The van der Waals surface area contributed by atoms with Crippen molar-refractivity contribution in [2.75, 3.05) is 13.6 Å². The van der Waals surface area contributed by atoms with Gasteiger partial charge >= 0.3 is 0 Å². The first kappa shape index (κ1) is 12.2. The second kappa shape index (κ2) is 5.86. The van der Waals surface area contributed by atoms with E-state index in [2.05, 4.69) is 48.1 Å². The van der Waals surface area contributed by atoms with Crippen LogP contribution in [-0.4, -0.2) is 24.5 Å². The summed E-state index contributed by atoms with van der Waals surface area (Å²) in [4.78, 5) is 2.45. The van der Waals surface area contributed by atoms with Crippen LogP contribution >= 0.6 is 0 Å². The third-order valence-corrected chi connectivity index (χ3v) is 3.42. The highest BCUT2D eigenvalue weighted by atomic mass is 15.1. The molecule has 0 atom stereocenters. The van der Waals surface area contributed by atoms with Crippen LogP contribution in [0.5, 0.6) is 0 Å². The Morgan fingerprint density at radius 1 is 1.29 bits per heavy atom. The zero-order valence-electron chi connectivity index (χ0n) is 10.4. The van der Waals surface area contributed by atoms with E-state index in [9.17, 15) is 0 Å². The number of nitrogens with two attached hydrogens (primary N) is 1. The van der Waals surface area contributed by atoms with Crippen molar-refractivity contribution in [2.24, 2.45) is 5.73 Å². The van der Waals surface area contributed by atoms with Gasteiger partial charge in [0.15, 0.2) is 0 Å². The predicted octanol–water partition coefficient (Wildman–Crippen LogP) is 1.98. The molecule has 2 nitrogen and oxygen atoms in total. The minimum absolute atomic E-state index is 0.423. The van der Waals surface area contributed by atoms with Gasteiger partial charge in [0.2, 0.25) is 0 Å². The lowest BCUT2D eigenvalue weighted by atomic mass is 9.91. The van der Waals surface area contributed by atoms with Gasteiger partial charge < -0.3 is 5.73 Å². The van der Waals surface area contributed by atoms with Crippen LogP contribution in [0, 0.1) is 11.8 Å². The van der Waals surface area contributed by atoms with Crippen molar-refractivity contribution in [2.45, 2.75) is 31.8 Å². The van der Waals surface area contributed by atoms with Crippen LogP contribution in [0.1, 0.15) is 30.4 Å². The Kier molecular flexibility index (Phi) is 4.19. The highest BCUT2D eigenvalue weighted by molar-refractivity contribution is 5.36. The number of nitrogens with zero attached hydrogens (tertiary/aromatic N) is 1. The molecule has 0 saturated heterocycles. The smallest absolute Gasteiger partial charge is 0.0555 e. The fraction of sp³-hybridized carbons (Fsp3) is 0.467. The van der Waals surface area contributed by atoms with E-state index >= 15 is 0 Å². The third kappa shape index (κ3) is 3.33. The van der Waals surface area contributed by atoms with Crippen LogP contribution in [-0.2, 0) is 6.54 Å². The molecule has 0 aromatic heterocycles. The summed E-state index contributed by atoms with van der Waals surface area (Å²) >= 11 is 0. The molecule has 1 saturated carbocycles. The van der Waals surface area contributed by atoms with Crippen molar-refractivity contribution in [3.05, 3.63) is 35.4 Å². The molecule has 2 N–H and O–H groups in total. The minimum atomic E-state index is 0.423. The summed E-state index contributed by atoms with van der Waals surface area (Å²) in [5.74, 6) is 5.91. The van der Waals surface area contributed by atoms with Gasteiger partial charge in [0.05, 0.1) is 6.54 Å². The lowest BCUT2D eigenvalue weighted by Gasteiger charge is -2.34. The molecule has 0 aliphatic heterocycles. The maximum Gasteiger partial charge on any atom is 0.0555 e. The Morgan fingerprint density at radius 3 is 2.53 bits per heavy atom. The molecule has 0 amide bonds. The zero-order chi connectivity index (χ0) is 12.1. The van der Waals surface area contributed by atoms with E-state index in [1.165, 1.54) is 24.8 Å². The normalized spacial score (nSPS) is 15.2. The van der Waals surface area contributed by atoms with Crippen molar-refractivity contribution < 1.29 is 0 Å². The van der Waals surface area contributed by atoms with Crippen molar-refractivity contribution in [3.8, 4) is 11.8 Å². The van der Waals surface area contributed by atoms with Crippen LogP contribution in [0.15, 0.2) is 24.3 Å². The lowest BCUT2D eigenvalue weighted by Crippen LogP contribution is -2.36. The van der Waals surface area contributed by atoms with E-state index in [4.69, 9.17) is 5.73 Å². The van der Waals surface area contributed by atoms with Gasteiger partial charge in [-0.25, -0.2) is 0 Å². The second-order valence-corrected chi connectivity index (χ2v) is 4.70. The van der Waals surface area contributed by atoms with Crippen LogP contribution in [0.3, 0.4) is 0 Å². The summed E-state index contributed by atoms with van der Waals surface area (Å²) in [6, 6.07) is 9.27. The Labute approximate surface area is 104 Å². The first-order chi connectivity index (χ1) is 8.29. The predicted molar refractivity (Wildman–Crippen MR) is 71.5 cm³/mol. The standard InChI is InChI=1S/C15H20N2/c1-17(15-5-2-6-15)12-14-9-7-13(8-10-14)4-3-11-16/h7-10,15H,2,5-6,11-12,16H2,1H3.